The van der Waals surface area contributed by atoms with E-state index in [1.807, 2.05) is 36.6 Å². The number of nitrogens with zero attached hydrogens (tertiary/aromatic N) is 2. The van der Waals surface area contributed by atoms with Crippen molar-refractivity contribution in [1.29, 1.82) is 0 Å². The summed E-state index contributed by atoms with van der Waals surface area (Å²) in [6.07, 6.45) is 2.50. The Kier molecular flexibility index (Phi) is 8.24. The van der Waals surface area contributed by atoms with Crippen LogP contribution in [-0.4, -0.2) is 29.2 Å². The molecule has 0 bridgehead atoms. The van der Waals surface area contributed by atoms with Crippen molar-refractivity contribution in [2.24, 2.45) is 0 Å². The SMILES string of the molecule is CCCOc1ccc(-c2csc(Nc3ncnc4scc(-c5ccc(C(C)C)cc5)c34)c2C(=O)OCC)cc1. The second-order valence-corrected chi connectivity index (χ2v) is 11.1. The number of ether oxygens (including phenoxy) is 2. The minimum atomic E-state index is -0.373. The Hall–Kier alpha value is -3.75. The van der Waals surface area contributed by atoms with E-state index >= 15 is 0 Å². The Bertz CT molecular complexity index is 1570. The zero-order chi connectivity index (χ0) is 27.4. The van der Waals surface area contributed by atoms with Gasteiger partial charge < -0.3 is 14.8 Å². The van der Waals surface area contributed by atoms with Gasteiger partial charge in [-0.05, 0) is 48.1 Å². The van der Waals surface area contributed by atoms with E-state index in [0.29, 0.717) is 28.9 Å². The van der Waals surface area contributed by atoms with E-state index in [9.17, 15) is 4.79 Å². The number of benzene rings is 2. The van der Waals surface area contributed by atoms with E-state index < -0.39 is 0 Å². The molecule has 0 spiro atoms. The molecule has 200 valence electrons. The van der Waals surface area contributed by atoms with Crippen molar-refractivity contribution in [3.05, 3.63) is 76.7 Å². The van der Waals surface area contributed by atoms with Crippen molar-refractivity contribution < 1.29 is 14.3 Å². The third-order valence-electron chi connectivity index (χ3n) is 6.40. The standard InChI is InChI=1S/C31H31N3O3S2/c1-5-15-37-23-13-11-22(12-14-23)25-17-39-30(27(25)31(35)36-6-2)34-28-26-24(16-38-29(26)33-18-32-28)21-9-7-20(8-10-21)19(3)4/h7-14,16-19H,5-6,15H2,1-4H3,(H,32,33,34). The van der Waals surface area contributed by atoms with Gasteiger partial charge >= 0.3 is 5.97 Å². The van der Waals surface area contributed by atoms with Crippen LogP contribution in [0.1, 0.15) is 56.0 Å². The predicted octanol–water partition coefficient (Wildman–Crippen LogP) is 8.92. The van der Waals surface area contributed by atoms with Gasteiger partial charge in [-0.1, -0.05) is 57.2 Å². The highest BCUT2D eigenvalue weighted by molar-refractivity contribution is 7.17. The molecule has 0 aliphatic heterocycles. The van der Waals surface area contributed by atoms with Crippen LogP contribution in [0.5, 0.6) is 5.75 Å². The quantitative estimate of drug-likeness (QED) is 0.173. The van der Waals surface area contributed by atoms with Crippen LogP contribution in [0, 0.1) is 0 Å². The monoisotopic (exact) mass is 557 g/mol. The lowest BCUT2D eigenvalue weighted by molar-refractivity contribution is 0.0529. The van der Waals surface area contributed by atoms with Crippen molar-refractivity contribution >= 4 is 49.7 Å². The molecule has 0 unspecified atom stereocenters. The largest absolute Gasteiger partial charge is 0.494 e. The molecule has 0 fully saturated rings. The third kappa shape index (κ3) is 5.67. The van der Waals surface area contributed by atoms with Gasteiger partial charge in [-0.3, -0.25) is 0 Å². The number of hydrogen-bond donors (Lipinski definition) is 1. The van der Waals surface area contributed by atoms with Crippen LogP contribution in [0.15, 0.2) is 65.6 Å². The molecule has 0 atom stereocenters. The van der Waals surface area contributed by atoms with Crippen LogP contribution < -0.4 is 10.1 Å². The second-order valence-electron chi connectivity index (χ2n) is 9.40. The smallest absolute Gasteiger partial charge is 0.341 e. The van der Waals surface area contributed by atoms with E-state index in [1.165, 1.54) is 16.9 Å². The number of rotatable bonds is 10. The number of carbonyl (C=O) groups excluding carboxylic acids is 1. The molecule has 0 saturated heterocycles. The molecule has 3 aromatic heterocycles. The van der Waals surface area contributed by atoms with E-state index in [0.717, 1.165) is 44.6 Å². The van der Waals surface area contributed by atoms with Gasteiger partial charge in [0.1, 0.15) is 33.3 Å². The molecular formula is C31H31N3O3S2. The third-order valence-corrected chi connectivity index (χ3v) is 8.18. The summed E-state index contributed by atoms with van der Waals surface area (Å²) < 4.78 is 11.2. The molecule has 0 saturated carbocycles. The van der Waals surface area contributed by atoms with Gasteiger partial charge in [0.25, 0.3) is 0 Å². The van der Waals surface area contributed by atoms with E-state index in [1.54, 1.807) is 17.7 Å². The molecule has 1 N–H and O–H groups in total. The maximum Gasteiger partial charge on any atom is 0.341 e. The molecule has 0 aliphatic rings. The lowest BCUT2D eigenvalue weighted by atomic mass is 9.99. The Morgan fingerprint density at radius 3 is 2.31 bits per heavy atom. The summed E-state index contributed by atoms with van der Waals surface area (Å²) in [6, 6.07) is 16.4. The fraction of sp³-hybridized carbons (Fsp3) is 0.258. The fourth-order valence-electron chi connectivity index (χ4n) is 4.36. The number of hydrogen-bond acceptors (Lipinski definition) is 8. The first-order valence-corrected chi connectivity index (χ1v) is 14.9. The molecule has 0 amide bonds. The van der Waals surface area contributed by atoms with Crippen LogP contribution in [0.3, 0.4) is 0 Å². The van der Waals surface area contributed by atoms with Crippen molar-refractivity contribution in [2.75, 3.05) is 18.5 Å². The van der Waals surface area contributed by atoms with Gasteiger partial charge in [-0.15, -0.1) is 22.7 Å². The highest BCUT2D eigenvalue weighted by atomic mass is 32.1. The minimum absolute atomic E-state index is 0.288. The number of esters is 1. The van der Waals surface area contributed by atoms with Crippen LogP contribution in [0.25, 0.3) is 32.5 Å². The number of thiophene rings is 2. The number of carbonyl (C=O) groups is 1. The molecule has 39 heavy (non-hydrogen) atoms. The molecule has 5 aromatic rings. The first kappa shape index (κ1) is 26.8. The molecule has 5 rings (SSSR count). The Morgan fingerprint density at radius 1 is 0.923 bits per heavy atom. The number of fused-ring (bicyclic) bond motifs is 1. The lowest BCUT2D eigenvalue weighted by Crippen LogP contribution is -2.08. The van der Waals surface area contributed by atoms with Crippen molar-refractivity contribution in [2.45, 2.75) is 40.0 Å². The highest BCUT2D eigenvalue weighted by Gasteiger charge is 2.23. The first-order chi connectivity index (χ1) is 19.0. The van der Waals surface area contributed by atoms with Crippen LogP contribution >= 0.6 is 22.7 Å². The van der Waals surface area contributed by atoms with Crippen LogP contribution in [0.4, 0.5) is 10.8 Å². The van der Waals surface area contributed by atoms with Crippen molar-refractivity contribution in [1.82, 2.24) is 9.97 Å². The molecule has 2 aromatic carbocycles. The summed E-state index contributed by atoms with van der Waals surface area (Å²) in [5.41, 5.74) is 5.68. The van der Waals surface area contributed by atoms with Gasteiger partial charge in [0, 0.05) is 21.9 Å². The van der Waals surface area contributed by atoms with Gasteiger partial charge in [-0.25, -0.2) is 14.8 Å². The van der Waals surface area contributed by atoms with Crippen molar-refractivity contribution in [3.8, 4) is 28.0 Å². The summed E-state index contributed by atoms with van der Waals surface area (Å²) in [4.78, 5) is 23.2. The van der Waals surface area contributed by atoms with Gasteiger partial charge in [-0.2, -0.15) is 0 Å². The molecule has 8 heteroatoms. The Balaban J connectivity index is 1.54. The van der Waals surface area contributed by atoms with E-state index in [4.69, 9.17) is 9.47 Å². The zero-order valence-corrected chi connectivity index (χ0v) is 24.1. The molecule has 0 aliphatic carbocycles. The molecule has 0 radical (unpaired) electrons. The van der Waals surface area contributed by atoms with Gasteiger partial charge in [0.15, 0.2) is 0 Å². The average molecular weight is 558 g/mol. The molecule has 6 nitrogen and oxygen atoms in total. The average Bonchev–Trinajstić information content (AvgIpc) is 3.58. The molecule has 3 heterocycles. The van der Waals surface area contributed by atoms with E-state index in [-0.39, 0.29) is 12.6 Å². The summed E-state index contributed by atoms with van der Waals surface area (Å²) in [6.45, 7) is 9.22. The lowest BCUT2D eigenvalue weighted by Gasteiger charge is -2.11. The van der Waals surface area contributed by atoms with Crippen LogP contribution in [-0.2, 0) is 4.74 Å². The minimum Gasteiger partial charge on any atom is -0.494 e. The maximum atomic E-state index is 13.2. The highest BCUT2D eigenvalue weighted by Crippen LogP contribution is 2.42. The molecular weight excluding hydrogens is 526 g/mol. The predicted molar refractivity (Wildman–Crippen MR) is 162 cm³/mol. The Labute approximate surface area is 236 Å². The van der Waals surface area contributed by atoms with Gasteiger partial charge in [0.05, 0.1) is 18.6 Å². The fourth-order valence-corrected chi connectivity index (χ4v) is 6.23. The van der Waals surface area contributed by atoms with Gasteiger partial charge in [0.2, 0.25) is 0 Å². The maximum absolute atomic E-state index is 13.2. The topological polar surface area (TPSA) is 73.3 Å². The van der Waals surface area contributed by atoms with Crippen molar-refractivity contribution in [3.63, 3.8) is 0 Å². The summed E-state index contributed by atoms with van der Waals surface area (Å²) in [5, 5.41) is 9.17. The zero-order valence-electron chi connectivity index (χ0n) is 22.5. The number of anilines is 2. The summed E-state index contributed by atoms with van der Waals surface area (Å²) in [7, 11) is 0. The van der Waals surface area contributed by atoms with Crippen LogP contribution in [0.2, 0.25) is 0 Å². The van der Waals surface area contributed by atoms with E-state index in [2.05, 4.69) is 65.7 Å². The number of aromatic nitrogens is 2. The second kappa shape index (κ2) is 12.0. The summed E-state index contributed by atoms with van der Waals surface area (Å²) >= 11 is 3.04. The Morgan fingerprint density at radius 2 is 1.62 bits per heavy atom. The number of nitrogens with one attached hydrogen (secondary N) is 1. The first-order valence-electron chi connectivity index (χ1n) is 13.1. The normalized spacial score (nSPS) is 11.2. The summed E-state index contributed by atoms with van der Waals surface area (Å²) in [5.74, 6) is 1.56.